The molecule has 0 heterocycles. The van der Waals surface area contributed by atoms with Crippen molar-refractivity contribution in [2.75, 3.05) is 14.1 Å². The molecule has 0 amide bonds. The van der Waals surface area contributed by atoms with Gasteiger partial charge in [-0.2, -0.15) is 0 Å². The van der Waals surface area contributed by atoms with Crippen molar-refractivity contribution < 1.29 is 4.79 Å². The zero-order valence-electron chi connectivity index (χ0n) is 11.2. The SMILES string of the molecule is CN(C)/C=C\C(=O)c1ccc(-c2ccccc2)cc1. The van der Waals surface area contributed by atoms with Crippen molar-refractivity contribution >= 4 is 5.78 Å². The third kappa shape index (κ3) is 3.55. The number of nitrogens with zero attached hydrogens (tertiary/aromatic N) is 1. The fraction of sp³-hybridized carbons (Fsp3) is 0.118. The predicted octanol–water partition coefficient (Wildman–Crippen LogP) is 3.61. The molecule has 0 saturated carbocycles. The van der Waals surface area contributed by atoms with Crippen LogP contribution in [0.25, 0.3) is 11.1 Å². The molecule has 2 nitrogen and oxygen atoms in total. The summed E-state index contributed by atoms with van der Waals surface area (Å²) in [5.74, 6) is 0.0216. The molecule has 0 unspecified atom stereocenters. The van der Waals surface area contributed by atoms with Crippen LogP contribution < -0.4 is 0 Å². The summed E-state index contributed by atoms with van der Waals surface area (Å²) in [6.07, 6.45) is 3.34. The van der Waals surface area contributed by atoms with Gasteiger partial charge in [0.05, 0.1) is 0 Å². The number of hydrogen-bond donors (Lipinski definition) is 0. The number of allylic oxidation sites excluding steroid dienone is 1. The van der Waals surface area contributed by atoms with Gasteiger partial charge in [0.15, 0.2) is 5.78 Å². The Labute approximate surface area is 114 Å². The fourth-order valence-corrected chi connectivity index (χ4v) is 1.77. The van der Waals surface area contributed by atoms with Crippen LogP contribution >= 0.6 is 0 Å². The molecular weight excluding hydrogens is 234 g/mol. The van der Waals surface area contributed by atoms with Gasteiger partial charge in [-0.15, -0.1) is 0 Å². The summed E-state index contributed by atoms with van der Waals surface area (Å²) < 4.78 is 0. The number of benzene rings is 2. The smallest absolute Gasteiger partial charge is 0.187 e. The zero-order chi connectivity index (χ0) is 13.7. The number of hydrogen-bond acceptors (Lipinski definition) is 2. The monoisotopic (exact) mass is 251 g/mol. The molecule has 2 aromatic carbocycles. The van der Waals surface area contributed by atoms with Gasteiger partial charge in [0.1, 0.15) is 0 Å². The Hall–Kier alpha value is -2.35. The lowest BCUT2D eigenvalue weighted by atomic mass is 10.0. The van der Waals surface area contributed by atoms with Gasteiger partial charge in [0.25, 0.3) is 0 Å². The molecule has 0 fully saturated rings. The summed E-state index contributed by atoms with van der Waals surface area (Å²) in [4.78, 5) is 13.7. The Balaban J connectivity index is 2.17. The van der Waals surface area contributed by atoms with Crippen molar-refractivity contribution in [3.8, 4) is 11.1 Å². The van der Waals surface area contributed by atoms with Crippen molar-refractivity contribution in [1.29, 1.82) is 0 Å². The molecule has 2 aromatic rings. The lowest BCUT2D eigenvalue weighted by Gasteiger charge is -2.04. The van der Waals surface area contributed by atoms with Crippen LogP contribution in [0.15, 0.2) is 66.9 Å². The molecule has 0 bridgehead atoms. The first-order valence-electron chi connectivity index (χ1n) is 6.21. The molecule has 0 N–H and O–H groups in total. The zero-order valence-corrected chi connectivity index (χ0v) is 11.2. The van der Waals surface area contributed by atoms with Gasteiger partial charge in [0.2, 0.25) is 0 Å². The summed E-state index contributed by atoms with van der Waals surface area (Å²) in [6.45, 7) is 0. The van der Waals surface area contributed by atoms with Crippen LogP contribution in [0.1, 0.15) is 10.4 Å². The minimum Gasteiger partial charge on any atom is -0.383 e. The topological polar surface area (TPSA) is 20.3 Å². The lowest BCUT2D eigenvalue weighted by Crippen LogP contribution is -2.03. The molecule has 0 aliphatic heterocycles. The molecule has 96 valence electrons. The molecule has 0 aliphatic rings. The van der Waals surface area contributed by atoms with E-state index in [0.717, 1.165) is 11.1 Å². The van der Waals surface area contributed by atoms with Crippen LogP contribution in [-0.4, -0.2) is 24.8 Å². The maximum Gasteiger partial charge on any atom is 0.187 e. The summed E-state index contributed by atoms with van der Waals surface area (Å²) in [7, 11) is 3.78. The van der Waals surface area contributed by atoms with E-state index in [2.05, 4.69) is 12.1 Å². The first-order valence-corrected chi connectivity index (χ1v) is 6.21. The van der Waals surface area contributed by atoms with E-state index in [1.54, 1.807) is 12.3 Å². The third-order valence-electron chi connectivity index (χ3n) is 2.80. The highest BCUT2D eigenvalue weighted by molar-refractivity contribution is 6.04. The highest BCUT2D eigenvalue weighted by atomic mass is 16.1. The van der Waals surface area contributed by atoms with Crippen molar-refractivity contribution in [3.05, 3.63) is 72.4 Å². The van der Waals surface area contributed by atoms with E-state index in [1.807, 2.05) is 61.5 Å². The second-order valence-corrected chi connectivity index (χ2v) is 4.59. The van der Waals surface area contributed by atoms with Gasteiger partial charge >= 0.3 is 0 Å². The molecule has 2 heteroatoms. The summed E-state index contributed by atoms with van der Waals surface area (Å²) >= 11 is 0. The first kappa shape index (κ1) is 13.1. The Bertz CT molecular complexity index is 568. The van der Waals surface area contributed by atoms with E-state index in [1.165, 1.54) is 0 Å². The predicted molar refractivity (Wildman–Crippen MR) is 79.0 cm³/mol. The molecule has 0 saturated heterocycles. The Morgan fingerprint density at radius 2 is 1.47 bits per heavy atom. The van der Waals surface area contributed by atoms with Crippen LogP contribution in [0.2, 0.25) is 0 Å². The van der Waals surface area contributed by atoms with E-state index < -0.39 is 0 Å². The van der Waals surface area contributed by atoms with Crippen LogP contribution in [0.3, 0.4) is 0 Å². The molecule has 2 rings (SSSR count). The number of ketones is 1. The van der Waals surface area contributed by atoms with Crippen molar-refractivity contribution in [2.45, 2.75) is 0 Å². The maximum absolute atomic E-state index is 11.9. The number of rotatable bonds is 4. The van der Waals surface area contributed by atoms with E-state index in [-0.39, 0.29) is 5.78 Å². The fourth-order valence-electron chi connectivity index (χ4n) is 1.77. The van der Waals surface area contributed by atoms with Crippen molar-refractivity contribution in [2.24, 2.45) is 0 Å². The van der Waals surface area contributed by atoms with E-state index in [4.69, 9.17) is 0 Å². The average Bonchev–Trinajstić information content (AvgIpc) is 2.46. The molecular formula is C17H17NO. The van der Waals surface area contributed by atoms with Crippen molar-refractivity contribution in [1.82, 2.24) is 4.90 Å². The molecule has 0 spiro atoms. The van der Waals surface area contributed by atoms with Gasteiger partial charge in [-0.1, -0.05) is 54.6 Å². The van der Waals surface area contributed by atoms with Crippen LogP contribution in [0, 0.1) is 0 Å². The molecule has 0 aliphatic carbocycles. The average molecular weight is 251 g/mol. The van der Waals surface area contributed by atoms with Gasteiger partial charge in [-0.25, -0.2) is 0 Å². The second kappa shape index (κ2) is 6.01. The molecule has 0 atom stereocenters. The normalized spacial score (nSPS) is 10.6. The summed E-state index contributed by atoms with van der Waals surface area (Å²) in [6, 6.07) is 17.8. The van der Waals surface area contributed by atoms with E-state index >= 15 is 0 Å². The Morgan fingerprint density at radius 1 is 0.895 bits per heavy atom. The molecule has 19 heavy (non-hydrogen) atoms. The highest BCUT2D eigenvalue weighted by Crippen LogP contribution is 2.19. The van der Waals surface area contributed by atoms with Gasteiger partial charge in [-0.3, -0.25) is 4.79 Å². The minimum absolute atomic E-state index is 0.0216. The van der Waals surface area contributed by atoms with Crippen molar-refractivity contribution in [3.63, 3.8) is 0 Å². The van der Waals surface area contributed by atoms with Crippen LogP contribution in [-0.2, 0) is 0 Å². The minimum atomic E-state index is 0.0216. The quantitative estimate of drug-likeness (QED) is 0.611. The van der Waals surface area contributed by atoms with Gasteiger partial charge in [0, 0.05) is 31.9 Å². The molecule has 0 aromatic heterocycles. The Kier molecular flexibility index (Phi) is 4.14. The van der Waals surface area contributed by atoms with E-state index in [0.29, 0.717) is 5.56 Å². The largest absolute Gasteiger partial charge is 0.383 e. The molecule has 0 radical (unpaired) electrons. The second-order valence-electron chi connectivity index (χ2n) is 4.59. The number of carbonyl (C=O) groups excluding carboxylic acids is 1. The van der Waals surface area contributed by atoms with Gasteiger partial charge in [-0.05, 0) is 11.1 Å². The van der Waals surface area contributed by atoms with Crippen LogP contribution in [0.5, 0.6) is 0 Å². The number of carbonyl (C=O) groups is 1. The Morgan fingerprint density at radius 3 is 2.05 bits per heavy atom. The van der Waals surface area contributed by atoms with Crippen LogP contribution in [0.4, 0.5) is 0 Å². The summed E-state index contributed by atoms with van der Waals surface area (Å²) in [5.41, 5.74) is 2.98. The first-order chi connectivity index (χ1) is 9.16. The van der Waals surface area contributed by atoms with Gasteiger partial charge < -0.3 is 4.90 Å². The third-order valence-corrected chi connectivity index (χ3v) is 2.80. The lowest BCUT2D eigenvalue weighted by molar-refractivity contribution is 0.104. The standard InChI is InChI=1S/C17H17NO/c1-18(2)13-12-17(19)16-10-8-15(9-11-16)14-6-4-3-5-7-14/h3-13H,1-2H3/b13-12-. The van der Waals surface area contributed by atoms with E-state index in [9.17, 15) is 4.79 Å². The maximum atomic E-state index is 11.9. The summed E-state index contributed by atoms with van der Waals surface area (Å²) in [5, 5.41) is 0. The highest BCUT2D eigenvalue weighted by Gasteiger charge is 2.02.